The summed E-state index contributed by atoms with van der Waals surface area (Å²) in [5.41, 5.74) is 2.97. The number of benzene rings is 1. The summed E-state index contributed by atoms with van der Waals surface area (Å²) in [6.07, 6.45) is 1.80. The van der Waals surface area contributed by atoms with Crippen LogP contribution in [0.4, 0.5) is 0 Å². The van der Waals surface area contributed by atoms with E-state index in [-0.39, 0.29) is 6.04 Å². The molecule has 4 nitrogen and oxygen atoms in total. The average Bonchev–Trinajstić information content (AvgIpc) is 2.81. The van der Waals surface area contributed by atoms with E-state index in [4.69, 9.17) is 4.98 Å². The van der Waals surface area contributed by atoms with Crippen LogP contribution in [0.2, 0.25) is 0 Å². The molecule has 0 radical (unpaired) electrons. The topological polar surface area (TPSA) is 42.7 Å². The normalized spacial score (nSPS) is 12.8. The molecule has 0 spiro atoms. The molecule has 0 fully saturated rings. The zero-order valence-corrected chi connectivity index (χ0v) is 14.8. The quantitative estimate of drug-likeness (QED) is 0.715. The van der Waals surface area contributed by atoms with Gasteiger partial charge >= 0.3 is 0 Å². The van der Waals surface area contributed by atoms with Gasteiger partial charge in [0.2, 0.25) is 0 Å². The molecule has 1 atom stereocenters. The maximum Gasteiger partial charge on any atom is 0.0942 e. The summed E-state index contributed by atoms with van der Waals surface area (Å²) in [4.78, 5) is 4.81. The summed E-state index contributed by atoms with van der Waals surface area (Å²) in [7, 11) is 3.85. The number of nitrogens with zero attached hydrogens (tertiary/aromatic N) is 3. The standard InChI is InChI=1S/C15H14Br2N4/c1-18-14(15-11(17)8-19-21(15)2)13-10(16)7-9-5-3-4-6-12(9)20-13/h3-8,14,18H,1-2H3. The van der Waals surface area contributed by atoms with E-state index in [9.17, 15) is 0 Å². The molecule has 21 heavy (non-hydrogen) atoms. The van der Waals surface area contributed by atoms with Gasteiger partial charge in [-0.25, -0.2) is 4.98 Å². The number of pyridine rings is 1. The van der Waals surface area contributed by atoms with Gasteiger partial charge in [-0.3, -0.25) is 4.68 Å². The number of aryl methyl sites for hydroxylation is 1. The Kier molecular flexibility index (Phi) is 4.10. The van der Waals surface area contributed by atoms with Crippen LogP contribution in [-0.2, 0) is 7.05 Å². The summed E-state index contributed by atoms with van der Waals surface area (Å²) in [5, 5.41) is 8.73. The zero-order valence-electron chi connectivity index (χ0n) is 11.6. The molecular formula is C15H14Br2N4. The molecule has 1 N–H and O–H groups in total. The van der Waals surface area contributed by atoms with Crippen LogP contribution in [0.15, 0.2) is 45.5 Å². The minimum atomic E-state index is -0.0501. The first-order valence-corrected chi connectivity index (χ1v) is 8.10. The lowest BCUT2D eigenvalue weighted by molar-refractivity contribution is 0.592. The molecule has 3 rings (SSSR count). The second-order valence-electron chi connectivity index (χ2n) is 4.77. The molecule has 0 amide bonds. The van der Waals surface area contributed by atoms with Gasteiger partial charge in [-0.1, -0.05) is 18.2 Å². The summed E-state index contributed by atoms with van der Waals surface area (Å²) >= 11 is 7.21. The summed E-state index contributed by atoms with van der Waals surface area (Å²) in [5.74, 6) is 0. The lowest BCUT2D eigenvalue weighted by Gasteiger charge is -2.19. The number of aromatic nitrogens is 3. The number of fused-ring (bicyclic) bond motifs is 1. The highest BCUT2D eigenvalue weighted by molar-refractivity contribution is 9.10. The van der Waals surface area contributed by atoms with Crippen molar-refractivity contribution in [2.24, 2.45) is 7.05 Å². The first-order chi connectivity index (χ1) is 10.1. The minimum Gasteiger partial charge on any atom is -0.307 e. The van der Waals surface area contributed by atoms with E-state index < -0.39 is 0 Å². The number of nitrogens with one attached hydrogen (secondary N) is 1. The van der Waals surface area contributed by atoms with Crippen LogP contribution in [0.1, 0.15) is 17.4 Å². The van der Waals surface area contributed by atoms with Gasteiger partial charge in [0.05, 0.1) is 33.6 Å². The Bertz CT molecular complexity index is 778. The Labute approximate surface area is 139 Å². The Balaban J connectivity index is 2.19. The molecule has 2 heterocycles. The lowest BCUT2D eigenvalue weighted by atomic mass is 10.1. The average molecular weight is 410 g/mol. The fourth-order valence-electron chi connectivity index (χ4n) is 2.46. The van der Waals surface area contributed by atoms with Crippen molar-refractivity contribution in [1.82, 2.24) is 20.1 Å². The third-order valence-electron chi connectivity index (χ3n) is 3.48. The highest BCUT2D eigenvalue weighted by Crippen LogP contribution is 2.32. The highest BCUT2D eigenvalue weighted by Gasteiger charge is 2.23. The predicted molar refractivity (Wildman–Crippen MR) is 91.3 cm³/mol. The largest absolute Gasteiger partial charge is 0.307 e. The maximum absolute atomic E-state index is 4.81. The van der Waals surface area contributed by atoms with Crippen molar-refractivity contribution in [3.8, 4) is 0 Å². The van der Waals surface area contributed by atoms with Crippen LogP contribution in [0.5, 0.6) is 0 Å². The van der Waals surface area contributed by atoms with Gasteiger partial charge < -0.3 is 5.32 Å². The Morgan fingerprint density at radius 1 is 1.19 bits per heavy atom. The molecular weight excluding hydrogens is 396 g/mol. The van der Waals surface area contributed by atoms with E-state index in [1.54, 1.807) is 6.20 Å². The monoisotopic (exact) mass is 408 g/mol. The molecule has 6 heteroatoms. The van der Waals surface area contributed by atoms with Gasteiger partial charge in [0, 0.05) is 16.9 Å². The van der Waals surface area contributed by atoms with Gasteiger partial charge in [-0.2, -0.15) is 5.10 Å². The number of halogens is 2. The van der Waals surface area contributed by atoms with E-state index in [1.807, 2.05) is 37.0 Å². The number of hydrogen-bond acceptors (Lipinski definition) is 3. The third-order valence-corrected chi connectivity index (χ3v) is 4.72. The van der Waals surface area contributed by atoms with Gasteiger partial charge in [0.25, 0.3) is 0 Å². The maximum atomic E-state index is 4.81. The molecule has 3 aromatic rings. The third kappa shape index (κ3) is 2.63. The summed E-state index contributed by atoms with van der Waals surface area (Å²) in [6.45, 7) is 0. The number of para-hydroxylation sites is 1. The van der Waals surface area contributed by atoms with E-state index in [1.165, 1.54) is 0 Å². The molecule has 0 bridgehead atoms. The van der Waals surface area contributed by atoms with Crippen molar-refractivity contribution < 1.29 is 0 Å². The van der Waals surface area contributed by atoms with Crippen molar-refractivity contribution >= 4 is 42.8 Å². The van der Waals surface area contributed by atoms with Gasteiger partial charge in [-0.15, -0.1) is 0 Å². The molecule has 0 aliphatic carbocycles. The van der Waals surface area contributed by atoms with Crippen molar-refractivity contribution in [3.05, 3.63) is 56.9 Å². The molecule has 0 saturated heterocycles. The fourth-order valence-corrected chi connectivity index (χ4v) is 3.60. The molecule has 0 aliphatic heterocycles. The summed E-state index contributed by atoms with van der Waals surface area (Å²) < 4.78 is 3.80. The second-order valence-corrected chi connectivity index (χ2v) is 6.48. The zero-order chi connectivity index (χ0) is 15.0. The van der Waals surface area contributed by atoms with Gasteiger partial charge in [0.1, 0.15) is 0 Å². The Morgan fingerprint density at radius 2 is 1.95 bits per heavy atom. The SMILES string of the molecule is CNC(c1nc2ccccc2cc1Br)c1c(Br)cnn1C. The van der Waals surface area contributed by atoms with Crippen molar-refractivity contribution in [2.45, 2.75) is 6.04 Å². The van der Waals surface area contributed by atoms with E-state index in [0.717, 1.165) is 31.2 Å². The van der Waals surface area contributed by atoms with Crippen molar-refractivity contribution in [2.75, 3.05) is 7.05 Å². The van der Waals surface area contributed by atoms with Gasteiger partial charge in [-0.05, 0) is 51.0 Å². The minimum absolute atomic E-state index is 0.0501. The fraction of sp³-hybridized carbons (Fsp3) is 0.200. The lowest BCUT2D eigenvalue weighted by Crippen LogP contribution is -2.22. The van der Waals surface area contributed by atoms with Crippen LogP contribution in [0, 0.1) is 0 Å². The molecule has 1 unspecified atom stereocenters. The predicted octanol–water partition coefficient (Wildman–Crippen LogP) is 3.80. The molecule has 0 aliphatic rings. The van der Waals surface area contributed by atoms with Crippen LogP contribution < -0.4 is 5.32 Å². The van der Waals surface area contributed by atoms with Crippen LogP contribution >= 0.6 is 31.9 Å². The van der Waals surface area contributed by atoms with Crippen LogP contribution in [0.25, 0.3) is 10.9 Å². The molecule has 0 saturated carbocycles. The van der Waals surface area contributed by atoms with E-state index in [2.05, 4.69) is 54.4 Å². The van der Waals surface area contributed by atoms with Crippen molar-refractivity contribution in [1.29, 1.82) is 0 Å². The Hall–Kier alpha value is -1.24. The molecule has 2 aromatic heterocycles. The second kappa shape index (κ2) is 5.87. The first kappa shape index (κ1) is 14.7. The van der Waals surface area contributed by atoms with Gasteiger partial charge in [0.15, 0.2) is 0 Å². The Morgan fingerprint density at radius 3 is 2.62 bits per heavy atom. The number of hydrogen-bond donors (Lipinski definition) is 1. The smallest absolute Gasteiger partial charge is 0.0942 e. The van der Waals surface area contributed by atoms with Crippen LogP contribution in [0.3, 0.4) is 0 Å². The van der Waals surface area contributed by atoms with E-state index in [0.29, 0.717) is 0 Å². The summed E-state index contributed by atoms with van der Waals surface area (Å²) in [6, 6.07) is 10.2. The molecule has 1 aromatic carbocycles. The van der Waals surface area contributed by atoms with E-state index >= 15 is 0 Å². The number of rotatable bonds is 3. The first-order valence-electron chi connectivity index (χ1n) is 6.51. The highest BCUT2D eigenvalue weighted by atomic mass is 79.9. The van der Waals surface area contributed by atoms with Crippen LogP contribution in [-0.4, -0.2) is 21.8 Å². The molecule has 108 valence electrons. The van der Waals surface area contributed by atoms with Crippen molar-refractivity contribution in [3.63, 3.8) is 0 Å².